The molecule has 0 unspecified atom stereocenters. The summed E-state index contributed by atoms with van der Waals surface area (Å²) in [7, 11) is 3.19. The molecule has 0 bridgehead atoms. The number of hydrogen-bond donors (Lipinski definition) is 1. The molecule has 0 spiro atoms. The second-order valence-corrected chi connectivity index (χ2v) is 6.10. The van der Waals surface area contributed by atoms with Gasteiger partial charge >= 0.3 is 0 Å². The number of amides is 1. The highest BCUT2D eigenvalue weighted by atomic mass is 16.5. The molecular formula is C21H25NO3. The van der Waals surface area contributed by atoms with Gasteiger partial charge in [0.1, 0.15) is 0 Å². The van der Waals surface area contributed by atoms with Gasteiger partial charge in [-0.15, -0.1) is 0 Å². The molecule has 2 rings (SSSR count). The molecule has 2 aromatic rings. The van der Waals surface area contributed by atoms with Crippen molar-refractivity contribution < 1.29 is 14.3 Å². The molecule has 0 radical (unpaired) electrons. The molecular weight excluding hydrogens is 314 g/mol. The lowest BCUT2D eigenvalue weighted by molar-refractivity contribution is 0.0951. The molecule has 0 aliphatic carbocycles. The lowest BCUT2D eigenvalue weighted by atomic mass is 10.1. The van der Waals surface area contributed by atoms with Crippen LogP contribution >= 0.6 is 0 Å². The third kappa shape index (κ3) is 5.38. The summed E-state index contributed by atoms with van der Waals surface area (Å²) >= 11 is 0. The van der Waals surface area contributed by atoms with E-state index in [1.165, 1.54) is 0 Å². The molecule has 2 aromatic carbocycles. The molecule has 4 nitrogen and oxygen atoms in total. The van der Waals surface area contributed by atoms with Crippen LogP contribution in [-0.2, 0) is 6.54 Å². The predicted molar refractivity (Wildman–Crippen MR) is 101 cm³/mol. The summed E-state index contributed by atoms with van der Waals surface area (Å²) in [5.41, 5.74) is 2.68. The second-order valence-electron chi connectivity index (χ2n) is 6.10. The number of methoxy groups -OCH3 is 2. The van der Waals surface area contributed by atoms with Crippen molar-refractivity contribution in [3.63, 3.8) is 0 Å². The van der Waals surface area contributed by atoms with E-state index in [2.05, 4.69) is 31.3 Å². The van der Waals surface area contributed by atoms with Crippen LogP contribution in [0.4, 0.5) is 0 Å². The first-order valence-electron chi connectivity index (χ1n) is 8.31. The van der Waals surface area contributed by atoms with Gasteiger partial charge in [0, 0.05) is 12.1 Å². The van der Waals surface area contributed by atoms with Crippen LogP contribution in [0.2, 0.25) is 0 Å². The predicted octanol–water partition coefficient (Wildman–Crippen LogP) is 4.30. The summed E-state index contributed by atoms with van der Waals surface area (Å²) in [5.74, 6) is 1.72. The van der Waals surface area contributed by atoms with E-state index >= 15 is 0 Å². The Labute approximate surface area is 149 Å². The molecule has 0 heterocycles. The van der Waals surface area contributed by atoms with Crippen LogP contribution in [-0.4, -0.2) is 20.1 Å². The number of ether oxygens (including phenoxy) is 2. The van der Waals surface area contributed by atoms with Crippen LogP contribution in [0.1, 0.15) is 35.3 Å². The minimum Gasteiger partial charge on any atom is -0.493 e. The van der Waals surface area contributed by atoms with Gasteiger partial charge < -0.3 is 14.8 Å². The van der Waals surface area contributed by atoms with Crippen molar-refractivity contribution in [1.82, 2.24) is 5.32 Å². The average molecular weight is 339 g/mol. The highest BCUT2D eigenvalue weighted by Crippen LogP contribution is 2.27. The summed E-state index contributed by atoms with van der Waals surface area (Å²) in [4.78, 5) is 12.3. The zero-order valence-corrected chi connectivity index (χ0v) is 15.2. The lowest BCUT2D eigenvalue weighted by Gasteiger charge is -2.10. The standard InChI is InChI=1S/C21H25NO3/c1-15(2)5-6-16-7-10-18(11-8-16)21(23)22-14-17-9-12-19(24-3)20(13-17)25-4/h5-13,15H,14H2,1-4H3,(H,22,23)/b6-5+. The van der Waals surface area contributed by atoms with Gasteiger partial charge in [0.2, 0.25) is 0 Å². The van der Waals surface area contributed by atoms with Crippen molar-refractivity contribution in [1.29, 1.82) is 0 Å². The first-order chi connectivity index (χ1) is 12.0. The van der Waals surface area contributed by atoms with Crippen molar-refractivity contribution in [3.8, 4) is 11.5 Å². The molecule has 0 aromatic heterocycles. The van der Waals surface area contributed by atoms with Crippen molar-refractivity contribution in [3.05, 3.63) is 65.2 Å². The van der Waals surface area contributed by atoms with Crippen molar-refractivity contribution >= 4 is 12.0 Å². The summed E-state index contributed by atoms with van der Waals surface area (Å²) in [6.45, 7) is 4.69. The van der Waals surface area contributed by atoms with Gasteiger partial charge in [0.25, 0.3) is 5.91 Å². The maximum Gasteiger partial charge on any atom is 0.251 e. The van der Waals surface area contributed by atoms with E-state index in [4.69, 9.17) is 9.47 Å². The van der Waals surface area contributed by atoms with Crippen molar-refractivity contribution in [2.24, 2.45) is 5.92 Å². The summed E-state index contributed by atoms with van der Waals surface area (Å²) in [5, 5.41) is 2.92. The zero-order valence-electron chi connectivity index (χ0n) is 15.2. The molecule has 0 saturated carbocycles. The minimum atomic E-state index is -0.103. The van der Waals surface area contributed by atoms with Crippen LogP contribution in [0.15, 0.2) is 48.5 Å². The number of rotatable bonds is 7. The molecule has 0 aliphatic heterocycles. The van der Waals surface area contributed by atoms with E-state index in [-0.39, 0.29) is 5.91 Å². The Kier molecular flexibility index (Phi) is 6.63. The fourth-order valence-electron chi connectivity index (χ4n) is 2.32. The second kappa shape index (κ2) is 8.92. The van der Waals surface area contributed by atoms with Gasteiger partial charge in [0.15, 0.2) is 11.5 Å². The van der Waals surface area contributed by atoms with Gasteiger partial charge in [-0.1, -0.05) is 44.2 Å². The summed E-state index contributed by atoms with van der Waals surface area (Å²) in [6, 6.07) is 13.2. The number of carbonyl (C=O) groups excluding carboxylic acids is 1. The zero-order chi connectivity index (χ0) is 18.2. The smallest absolute Gasteiger partial charge is 0.251 e. The average Bonchev–Trinajstić information content (AvgIpc) is 2.64. The van der Waals surface area contributed by atoms with Crippen LogP contribution in [0.3, 0.4) is 0 Å². The normalized spacial score (nSPS) is 10.9. The number of carbonyl (C=O) groups is 1. The first kappa shape index (κ1) is 18.6. The molecule has 0 fully saturated rings. The summed E-state index contributed by atoms with van der Waals surface area (Å²) in [6.07, 6.45) is 4.20. The van der Waals surface area contributed by atoms with Crippen molar-refractivity contribution in [2.45, 2.75) is 20.4 Å². The molecule has 25 heavy (non-hydrogen) atoms. The van der Waals surface area contributed by atoms with Crippen LogP contribution in [0.25, 0.3) is 6.08 Å². The first-order valence-corrected chi connectivity index (χ1v) is 8.31. The van der Waals surface area contributed by atoms with E-state index in [9.17, 15) is 4.79 Å². The van der Waals surface area contributed by atoms with Crippen LogP contribution in [0.5, 0.6) is 11.5 Å². The SMILES string of the molecule is COc1ccc(CNC(=O)c2ccc(/C=C/C(C)C)cc2)cc1OC. The highest BCUT2D eigenvalue weighted by molar-refractivity contribution is 5.94. The Morgan fingerprint density at radius 1 is 1.04 bits per heavy atom. The minimum absolute atomic E-state index is 0.103. The molecule has 4 heteroatoms. The molecule has 0 aliphatic rings. The Morgan fingerprint density at radius 3 is 2.32 bits per heavy atom. The monoisotopic (exact) mass is 339 g/mol. The third-order valence-electron chi connectivity index (χ3n) is 3.75. The molecule has 0 atom stereocenters. The van der Waals surface area contributed by atoms with Crippen molar-refractivity contribution in [2.75, 3.05) is 14.2 Å². The number of hydrogen-bond acceptors (Lipinski definition) is 3. The van der Waals surface area contributed by atoms with Gasteiger partial charge in [-0.3, -0.25) is 4.79 Å². The van der Waals surface area contributed by atoms with E-state index in [1.54, 1.807) is 14.2 Å². The maximum atomic E-state index is 12.3. The Balaban J connectivity index is 1.98. The number of nitrogens with one attached hydrogen (secondary N) is 1. The summed E-state index contributed by atoms with van der Waals surface area (Å²) < 4.78 is 10.5. The van der Waals surface area contributed by atoms with Gasteiger partial charge in [-0.2, -0.15) is 0 Å². The molecule has 0 saturated heterocycles. The highest BCUT2D eigenvalue weighted by Gasteiger charge is 2.07. The third-order valence-corrected chi connectivity index (χ3v) is 3.75. The van der Waals surface area contributed by atoms with Gasteiger partial charge in [0.05, 0.1) is 14.2 Å². The fourth-order valence-corrected chi connectivity index (χ4v) is 2.32. The Hall–Kier alpha value is -2.75. The topological polar surface area (TPSA) is 47.6 Å². The van der Waals surface area contributed by atoms with Gasteiger partial charge in [-0.25, -0.2) is 0 Å². The largest absolute Gasteiger partial charge is 0.493 e. The number of allylic oxidation sites excluding steroid dienone is 1. The maximum absolute atomic E-state index is 12.3. The fraction of sp³-hybridized carbons (Fsp3) is 0.286. The van der Waals surface area contributed by atoms with Crippen LogP contribution < -0.4 is 14.8 Å². The van der Waals surface area contributed by atoms with Gasteiger partial charge in [-0.05, 0) is 41.3 Å². The Bertz CT molecular complexity index is 733. The Morgan fingerprint density at radius 2 is 1.72 bits per heavy atom. The molecule has 1 N–H and O–H groups in total. The van der Waals surface area contributed by atoms with Crippen LogP contribution in [0, 0.1) is 5.92 Å². The van der Waals surface area contributed by atoms with E-state index < -0.39 is 0 Å². The number of benzene rings is 2. The van der Waals surface area contributed by atoms with E-state index in [1.807, 2.05) is 42.5 Å². The molecule has 132 valence electrons. The van der Waals surface area contributed by atoms with E-state index in [0.717, 1.165) is 11.1 Å². The molecule has 1 amide bonds. The lowest BCUT2D eigenvalue weighted by Crippen LogP contribution is -2.22. The quantitative estimate of drug-likeness (QED) is 0.818. The van der Waals surface area contributed by atoms with E-state index in [0.29, 0.717) is 29.5 Å².